The van der Waals surface area contributed by atoms with Gasteiger partial charge in [-0.05, 0) is 18.2 Å². The second kappa shape index (κ2) is 4.94. The molecule has 0 aliphatic carbocycles. The second-order valence-corrected chi connectivity index (χ2v) is 3.18. The lowest BCUT2D eigenvalue weighted by Gasteiger charge is -2.18. The molecule has 0 spiro atoms. The molecule has 0 unspecified atom stereocenters. The summed E-state index contributed by atoms with van der Waals surface area (Å²) in [7, 11) is 0. The molecule has 0 bridgehead atoms. The third-order valence-corrected chi connectivity index (χ3v) is 1.92. The summed E-state index contributed by atoms with van der Waals surface area (Å²) in [6, 6.07) is 8.10. The van der Waals surface area contributed by atoms with Gasteiger partial charge < -0.3 is 5.73 Å². The Morgan fingerprint density at radius 3 is 2.69 bits per heavy atom. The van der Waals surface area contributed by atoms with Crippen LogP contribution in [0.2, 0.25) is 0 Å². The zero-order valence-electron chi connectivity index (χ0n) is 8.80. The van der Waals surface area contributed by atoms with E-state index in [1.54, 1.807) is 24.3 Å². The average molecular weight is 217 g/mol. The van der Waals surface area contributed by atoms with Gasteiger partial charge in [0.25, 0.3) is 0 Å². The summed E-state index contributed by atoms with van der Waals surface area (Å²) in [5.41, 5.74) is 6.39. The van der Waals surface area contributed by atoms with Crippen molar-refractivity contribution in [1.29, 1.82) is 5.26 Å². The molecule has 0 saturated carbocycles. The number of nitriles is 1. The first-order valence-corrected chi connectivity index (χ1v) is 4.62. The van der Waals surface area contributed by atoms with Gasteiger partial charge in [-0.15, -0.1) is 0 Å². The summed E-state index contributed by atoms with van der Waals surface area (Å²) >= 11 is 0. The average Bonchev–Trinajstić information content (AvgIpc) is 2.17. The Hall–Kier alpha value is -2.35. The van der Waals surface area contributed by atoms with Gasteiger partial charge in [0.15, 0.2) is 0 Å². The van der Waals surface area contributed by atoms with Crippen molar-refractivity contribution in [2.45, 2.75) is 13.3 Å². The third-order valence-electron chi connectivity index (χ3n) is 1.92. The van der Waals surface area contributed by atoms with Crippen LogP contribution in [-0.2, 0) is 9.59 Å². The molecule has 0 aliphatic heterocycles. The Morgan fingerprint density at radius 1 is 1.50 bits per heavy atom. The first-order valence-electron chi connectivity index (χ1n) is 4.62. The lowest BCUT2D eigenvalue weighted by atomic mass is 10.2. The lowest BCUT2D eigenvalue weighted by Crippen LogP contribution is -2.34. The van der Waals surface area contributed by atoms with E-state index in [0.29, 0.717) is 11.4 Å². The highest BCUT2D eigenvalue weighted by Gasteiger charge is 2.19. The topological polar surface area (TPSA) is 87.2 Å². The second-order valence-electron chi connectivity index (χ2n) is 3.18. The molecular weight excluding hydrogens is 206 g/mol. The normalized spacial score (nSPS) is 9.25. The number of nitrogens with zero attached hydrogens (tertiary/aromatic N) is 2. The minimum Gasteiger partial charge on any atom is -0.399 e. The first kappa shape index (κ1) is 11.7. The summed E-state index contributed by atoms with van der Waals surface area (Å²) in [5, 5.41) is 8.44. The van der Waals surface area contributed by atoms with E-state index in [-0.39, 0.29) is 6.42 Å². The molecule has 82 valence electrons. The van der Waals surface area contributed by atoms with Crippen LogP contribution in [-0.4, -0.2) is 11.8 Å². The zero-order valence-corrected chi connectivity index (χ0v) is 8.80. The number of nitrogen functional groups attached to an aromatic ring is 1. The predicted molar refractivity (Wildman–Crippen MR) is 59.3 cm³/mol. The summed E-state index contributed by atoms with van der Waals surface area (Å²) in [6.45, 7) is 1.26. The molecule has 5 heteroatoms. The summed E-state index contributed by atoms with van der Waals surface area (Å²) in [5.74, 6) is -0.994. The van der Waals surface area contributed by atoms with Crippen LogP contribution in [0.15, 0.2) is 24.3 Å². The fraction of sp³-hybridized carbons (Fsp3) is 0.182. The molecule has 1 aromatic rings. The van der Waals surface area contributed by atoms with Crippen LogP contribution in [0.25, 0.3) is 0 Å². The van der Waals surface area contributed by atoms with Crippen molar-refractivity contribution in [3.05, 3.63) is 24.3 Å². The largest absolute Gasteiger partial charge is 0.399 e. The van der Waals surface area contributed by atoms with Crippen LogP contribution in [0.5, 0.6) is 0 Å². The number of anilines is 2. The molecular formula is C11H11N3O2. The molecule has 0 aromatic heterocycles. The highest BCUT2D eigenvalue weighted by molar-refractivity contribution is 6.14. The van der Waals surface area contributed by atoms with Gasteiger partial charge in [-0.1, -0.05) is 6.07 Å². The number of nitrogens with two attached hydrogens (primary N) is 1. The van der Waals surface area contributed by atoms with Crippen molar-refractivity contribution in [2.24, 2.45) is 0 Å². The van der Waals surface area contributed by atoms with Crippen molar-refractivity contribution in [3.8, 4) is 6.07 Å². The SMILES string of the molecule is CC(=O)N(C(=O)CC#N)c1cccc(N)c1. The Kier molecular flexibility index (Phi) is 3.62. The van der Waals surface area contributed by atoms with Crippen molar-refractivity contribution in [1.82, 2.24) is 0 Å². The number of imide groups is 1. The predicted octanol–water partition coefficient (Wildman–Crippen LogP) is 1.06. The molecule has 16 heavy (non-hydrogen) atoms. The molecule has 0 saturated heterocycles. The fourth-order valence-corrected chi connectivity index (χ4v) is 1.31. The van der Waals surface area contributed by atoms with Gasteiger partial charge in [-0.25, -0.2) is 4.90 Å². The first-order chi connectivity index (χ1) is 7.56. The minimum absolute atomic E-state index is 0.339. The number of carbonyl (C=O) groups excluding carboxylic acids is 2. The van der Waals surface area contributed by atoms with Crippen molar-refractivity contribution >= 4 is 23.2 Å². The Bertz CT molecular complexity index is 463. The number of benzene rings is 1. The van der Waals surface area contributed by atoms with Crippen LogP contribution >= 0.6 is 0 Å². The molecule has 2 N–H and O–H groups in total. The van der Waals surface area contributed by atoms with Gasteiger partial charge in [0.2, 0.25) is 11.8 Å². The lowest BCUT2D eigenvalue weighted by molar-refractivity contribution is -0.124. The molecule has 0 radical (unpaired) electrons. The summed E-state index contributed by atoms with van der Waals surface area (Å²) in [6.07, 6.45) is -0.339. The number of amides is 2. The van der Waals surface area contributed by atoms with Crippen LogP contribution in [0.4, 0.5) is 11.4 Å². The van der Waals surface area contributed by atoms with E-state index in [2.05, 4.69) is 0 Å². The molecule has 2 amide bonds. The van der Waals surface area contributed by atoms with Crippen molar-refractivity contribution in [2.75, 3.05) is 10.6 Å². The van der Waals surface area contributed by atoms with Gasteiger partial charge in [-0.2, -0.15) is 5.26 Å². The number of hydrogen-bond donors (Lipinski definition) is 1. The Balaban J connectivity index is 3.09. The zero-order chi connectivity index (χ0) is 12.1. The summed E-state index contributed by atoms with van der Waals surface area (Å²) in [4.78, 5) is 23.8. The number of rotatable bonds is 2. The van der Waals surface area contributed by atoms with Crippen LogP contribution in [0, 0.1) is 11.3 Å². The Morgan fingerprint density at radius 2 is 2.19 bits per heavy atom. The quantitative estimate of drug-likeness (QED) is 0.750. The highest BCUT2D eigenvalue weighted by Crippen LogP contribution is 2.18. The molecule has 1 aromatic carbocycles. The van der Waals surface area contributed by atoms with Gasteiger partial charge in [0.05, 0.1) is 11.8 Å². The van der Waals surface area contributed by atoms with Gasteiger partial charge in [-0.3, -0.25) is 9.59 Å². The summed E-state index contributed by atoms with van der Waals surface area (Å²) < 4.78 is 0. The molecule has 5 nitrogen and oxygen atoms in total. The van der Waals surface area contributed by atoms with E-state index in [4.69, 9.17) is 11.0 Å². The van der Waals surface area contributed by atoms with E-state index in [0.717, 1.165) is 4.90 Å². The molecule has 0 fully saturated rings. The monoisotopic (exact) mass is 217 g/mol. The van der Waals surface area contributed by atoms with Crippen LogP contribution < -0.4 is 10.6 Å². The minimum atomic E-state index is -0.555. The maximum atomic E-state index is 11.5. The highest BCUT2D eigenvalue weighted by atomic mass is 16.2. The van der Waals surface area contributed by atoms with Crippen molar-refractivity contribution < 1.29 is 9.59 Å². The van der Waals surface area contributed by atoms with E-state index < -0.39 is 11.8 Å². The molecule has 0 heterocycles. The van der Waals surface area contributed by atoms with Gasteiger partial charge >= 0.3 is 0 Å². The van der Waals surface area contributed by atoms with Crippen molar-refractivity contribution in [3.63, 3.8) is 0 Å². The molecule has 1 rings (SSSR count). The fourth-order valence-electron chi connectivity index (χ4n) is 1.31. The maximum Gasteiger partial charge on any atom is 0.247 e. The van der Waals surface area contributed by atoms with E-state index in [9.17, 15) is 9.59 Å². The molecule has 0 aliphatic rings. The Labute approximate surface area is 93.1 Å². The van der Waals surface area contributed by atoms with E-state index >= 15 is 0 Å². The van der Waals surface area contributed by atoms with E-state index in [1.807, 2.05) is 0 Å². The van der Waals surface area contributed by atoms with Crippen LogP contribution in [0.1, 0.15) is 13.3 Å². The number of carbonyl (C=O) groups is 2. The van der Waals surface area contributed by atoms with E-state index in [1.165, 1.54) is 13.0 Å². The molecule has 0 atom stereocenters. The van der Waals surface area contributed by atoms with Gasteiger partial charge in [0, 0.05) is 12.6 Å². The van der Waals surface area contributed by atoms with Gasteiger partial charge in [0.1, 0.15) is 6.42 Å². The standard InChI is InChI=1S/C11H11N3O2/c1-8(15)14(11(16)5-6-12)10-4-2-3-9(13)7-10/h2-4,7H,5,13H2,1H3. The maximum absolute atomic E-state index is 11.5. The smallest absolute Gasteiger partial charge is 0.247 e. The number of hydrogen-bond acceptors (Lipinski definition) is 4. The van der Waals surface area contributed by atoms with Crippen LogP contribution in [0.3, 0.4) is 0 Å². The third kappa shape index (κ3) is 2.58.